The van der Waals surface area contributed by atoms with Gasteiger partial charge in [-0.15, -0.1) is 28.3 Å². The monoisotopic (exact) mass is 331 g/mol. The zero-order valence-electron chi connectivity index (χ0n) is 10.8. The summed E-state index contributed by atoms with van der Waals surface area (Å²) in [7, 11) is 3.81. The van der Waals surface area contributed by atoms with E-state index in [1.807, 2.05) is 36.5 Å². The van der Waals surface area contributed by atoms with Crippen LogP contribution in [0.5, 0.6) is 0 Å². The molecule has 5 heteroatoms. The van der Waals surface area contributed by atoms with Crippen LogP contribution in [-0.4, -0.2) is 37.1 Å². The van der Waals surface area contributed by atoms with Crippen LogP contribution in [0.3, 0.4) is 0 Å². The van der Waals surface area contributed by atoms with Crippen LogP contribution in [0.2, 0.25) is 0 Å². The van der Waals surface area contributed by atoms with Crippen LogP contribution in [0.1, 0.15) is 18.2 Å². The van der Waals surface area contributed by atoms with E-state index in [4.69, 9.17) is 0 Å². The van der Waals surface area contributed by atoms with Gasteiger partial charge in [-0.2, -0.15) is 0 Å². The normalized spacial score (nSPS) is 11.2. The molecule has 0 aliphatic heterocycles. The fraction of sp³-hybridized carbons (Fsp3) is 0.385. The Morgan fingerprint density at radius 2 is 2.06 bits per heavy atom. The molecular weight excluding hydrogens is 314 g/mol. The Labute approximate surface area is 122 Å². The van der Waals surface area contributed by atoms with Gasteiger partial charge in [-0.05, 0) is 38.5 Å². The molecule has 0 amide bonds. The number of nitrogens with zero attached hydrogens (tertiary/aromatic N) is 1. The Morgan fingerprint density at radius 1 is 1.39 bits per heavy atom. The number of thiophene rings is 1. The van der Waals surface area contributed by atoms with Gasteiger partial charge in [0.2, 0.25) is 0 Å². The number of rotatable bonds is 6. The summed E-state index contributed by atoms with van der Waals surface area (Å²) in [5.41, 5.74) is 0.300. The third-order valence-electron chi connectivity index (χ3n) is 2.30. The lowest BCUT2D eigenvalue weighted by atomic mass is 10.0. The topological polar surface area (TPSA) is 37.4 Å². The molecule has 0 aromatic carbocycles. The van der Waals surface area contributed by atoms with E-state index in [9.17, 15) is 9.59 Å². The minimum absolute atomic E-state index is 0. The molecule has 1 aromatic rings. The lowest BCUT2D eigenvalue weighted by molar-refractivity contribution is -0.120. The molecule has 1 rings (SSSR count). The number of allylic oxidation sites excluding steroid dienone is 1. The number of hydrogen-bond acceptors (Lipinski definition) is 4. The van der Waals surface area contributed by atoms with Gasteiger partial charge in [0.25, 0.3) is 0 Å². The maximum atomic E-state index is 11.9. The first-order valence-electron chi connectivity index (χ1n) is 5.44. The van der Waals surface area contributed by atoms with Crippen molar-refractivity contribution in [2.45, 2.75) is 13.3 Å². The van der Waals surface area contributed by atoms with Gasteiger partial charge in [0.05, 0.1) is 5.57 Å². The number of Topliss-reactive ketones (excluding diaryl/α,β-unsaturated/α-hetero) is 2. The van der Waals surface area contributed by atoms with E-state index >= 15 is 0 Å². The van der Waals surface area contributed by atoms with E-state index < -0.39 is 0 Å². The minimum Gasteiger partial charge on any atom is -0.309 e. The van der Waals surface area contributed by atoms with Crippen LogP contribution in [0, 0.1) is 0 Å². The SMILES string of the molecule is Br.CC(=O)/C(=C\c1cccs1)C(=O)CCN(C)C. The number of ketones is 2. The third kappa shape index (κ3) is 5.71. The molecule has 0 fully saturated rings. The second-order valence-corrected chi connectivity index (χ2v) is 5.09. The lowest BCUT2D eigenvalue weighted by Gasteiger charge is -2.08. The van der Waals surface area contributed by atoms with Crippen molar-refractivity contribution < 1.29 is 9.59 Å². The van der Waals surface area contributed by atoms with Crippen LogP contribution in [0.25, 0.3) is 6.08 Å². The summed E-state index contributed by atoms with van der Waals surface area (Å²) in [5.74, 6) is -0.248. The lowest BCUT2D eigenvalue weighted by Crippen LogP contribution is -2.19. The van der Waals surface area contributed by atoms with Gasteiger partial charge < -0.3 is 4.90 Å². The highest BCUT2D eigenvalue weighted by Gasteiger charge is 2.14. The Bertz CT molecular complexity index is 424. The smallest absolute Gasteiger partial charge is 0.167 e. The van der Waals surface area contributed by atoms with E-state index in [0.717, 1.165) is 4.88 Å². The zero-order chi connectivity index (χ0) is 12.8. The minimum atomic E-state index is -0.165. The molecule has 0 aliphatic carbocycles. The number of hydrogen-bond donors (Lipinski definition) is 0. The Hall–Kier alpha value is -0.780. The average Bonchev–Trinajstić information content (AvgIpc) is 2.74. The van der Waals surface area contributed by atoms with Crippen molar-refractivity contribution in [1.29, 1.82) is 0 Å². The van der Waals surface area contributed by atoms with Crippen LogP contribution < -0.4 is 0 Å². The first-order valence-corrected chi connectivity index (χ1v) is 6.32. The third-order valence-corrected chi connectivity index (χ3v) is 3.11. The predicted molar refractivity (Wildman–Crippen MR) is 81.5 cm³/mol. The number of carbonyl (C=O) groups is 2. The number of halogens is 1. The summed E-state index contributed by atoms with van der Waals surface area (Å²) >= 11 is 1.52. The van der Waals surface area contributed by atoms with Gasteiger partial charge in [-0.3, -0.25) is 9.59 Å². The van der Waals surface area contributed by atoms with Crippen molar-refractivity contribution >= 4 is 46.0 Å². The molecule has 0 bridgehead atoms. The van der Waals surface area contributed by atoms with Gasteiger partial charge in [0, 0.05) is 17.8 Å². The highest BCUT2D eigenvalue weighted by molar-refractivity contribution is 8.93. The summed E-state index contributed by atoms with van der Waals surface area (Å²) in [6.07, 6.45) is 2.06. The number of carbonyl (C=O) groups excluding carboxylic acids is 2. The Balaban J connectivity index is 0.00000289. The van der Waals surface area contributed by atoms with Gasteiger partial charge in [-0.1, -0.05) is 6.07 Å². The van der Waals surface area contributed by atoms with Gasteiger partial charge in [0.1, 0.15) is 0 Å². The van der Waals surface area contributed by atoms with E-state index in [-0.39, 0.29) is 28.5 Å². The van der Waals surface area contributed by atoms with Crippen LogP contribution in [0.15, 0.2) is 23.1 Å². The molecule has 0 saturated carbocycles. The molecule has 0 unspecified atom stereocenters. The molecule has 0 atom stereocenters. The predicted octanol–water partition coefficient (Wildman–Crippen LogP) is 2.82. The molecule has 0 N–H and O–H groups in total. The van der Waals surface area contributed by atoms with E-state index in [1.165, 1.54) is 18.3 Å². The van der Waals surface area contributed by atoms with Crippen LogP contribution >= 0.6 is 28.3 Å². The molecule has 1 heterocycles. The molecule has 0 spiro atoms. The van der Waals surface area contributed by atoms with Gasteiger partial charge >= 0.3 is 0 Å². The maximum Gasteiger partial charge on any atom is 0.167 e. The fourth-order valence-electron chi connectivity index (χ4n) is 1.35. The first kappa shape index (κ1) is 17.2. The summed E-state index contributed by atoms with van der Waals surface area (Å²) in [5, 5.41) is 1.92. The Morgan fingerprint density at radius 3 is 2.50 bits per heavy atom. The molecule has 0 radical (unpaired) electrons. The summed E-state index contributed by atoms with van der Waals surface area (Å²) < 4.78 is 0. The molecule has 100 valence electrons. The molecule has 0 saturated heterocycles. The van der Waals surface area contributed by atoms with E-state index in [0.29, 0.717) is 18.5 Å². The quantitative estimate of drug-likeness (QED) is 0.457. The van der Waals surface area contributed by atoms with Crippen LogP contribution in [0.4, 0.5) is 0 Å². The Kier molecular flexibility index (Phi) is 7.98. The highest BCUT2D eigenvalue weighted by Crippen LogP contribution is 2.15. The van der Waals surface area contributed by atoms with Crippen molar-refractivity contribution in [3.8, 4) is 0 Å². The van der Waals surface area contributed by atoms with Crippen molar-refractivity contribution in [3.63, 3.8) is 0 Å². The zero-order valence-corrected chi connectivity index (χ0v) is 13.3. The summed E-state index contributed by atoms with van der Waals surface area (Å²) in [6.45, 7) is 2.10. The average molecular weight is 332 g/mol. The van der Waals surface area contributed by atoms with Crippen molar-refractivity contribution in [1.82, 2.24) is 4.90 Å². The van der Waals surface area contributed by atoms with Gasteiger partial charge in [-0.25, -0.2) is 0 Å². The van der Waals surface area contributed by atoms with Crippen molar-refractivity contribution in [3.05, 3.63) is 28.0 Å². The summed E-state index contributed by atoms with van der Waals surface area (Å²) in [4.78, 5) is 26.2. The highest BCUT2D eigenvalue weighted by atomic mass is 79.9. The molecule has 0 aliphatic rings. The second kappa shape index (κ2) is 8.34. The summed E-state index contributed by atoms with van der Waals surface area (Å²) in [6, 6.07) is 3.80. The molecule has 3 nitrogen and oxygen atoms in total. The molecule has 1 aromatic heterocycles. The van der Waals surface area contributed by atoms with E-state index in [1.54, 1.807) is 6.08 Å². The second-order valence-electron chi connectivity index (χ2n) is 4.11. The largest absolute Gasteiger partial charge is 0.309 e. The van der Waals surface area contributed by atoms with Crippen LogP contribution in [-0.2, 0) is 9.59 Å². The fourth-order valence-corrected chi connectivity index (χ4v) is 2.01. The standard InChI is InChI=1S/C13H17NO2S.BrH/c1-10(15)12(9-11-5-4-8-17-11)13(16)6-7-14(2)3;/h4-5,8-9H,6-7H2,1-3H3;1H/b12-9+;. The first-order chi connectivity index (χ1) is 8.00. The molecule has 18 heavy (non-hydrogen) atoms. The van der Waals surface area contributed by atoms with Crippen molar-refractivity contribution in [2.75, 3.05) is 20.6 Å². The van der Waals surface area contributed by atoms with Crippen molar-refractivity contribution in [2.24, 2.45) is 0 Å². The maximum absolute atomic E-state index is 11.9. The van der Waals surface area contributed by atoms with E-state index in [2.05, 4.69) is 0 Å². The van der Waals surface area contributed by atoms with Gasteiger partial charge in [0.15, 0.2) is 11.6 Å². The molecular formula is C13H18BrNO2S.